The molecule has 3 rings (SSSR count). The number of rotatable bonds is 4. The first-order chi connectivity index (χ1) is 11.2. The Kier molecular flexibility index (Phi) is 4.30. The molecule has 0 N–H and O–H groups in total. The van der Waals surface area contributed by atoms with Crippen LogP contribution in [0.5, 0.6) is 0 Å². The van der Waals surface area contributed by atoms with Crippen molar-refractivity contribution in [2.75, 3.05) is 0 Å². The molecule has 1 unspecified atom stereocenters. The fourth-order valence-corrected chi connectivity index (χ4v) is 3.08. The quantitative estimate of drug-likeness (QED) is 0.810. The summed E-state index contributed by atoms with van der Waals surface area (Å²) in [5, 5.41) is 8.30. The van der Waals surface area contributed by atoms with E-state index in [-0.39, 0.29) is 24.2 Å². The molecule has 0 saturated carbocycles. The van der Waals surface area contributed by atoms with Crippen LogP contribution < -0.4 is 5.46 Å². The summed E-state index contributed by atoms with van der Waals surface area (Å²) in [5.41, 5.74) is 1.59. The van der Waals surface area contributed by atoms with Crippen LogP contribution in [0.25, 0.3) is 0 Å². The minimum absolute atomic E-state index is 0.208. The van der Waals surface area contributed by atoms with Crippen molar-refractivity contribution in [2.24, 2.45) is 7.05 Å². The Labute approximate surface area is 144 Å². The van der Waals surface area contributed by atoms with Crippen molar-refractivity contribution >= 4 is 12.6 Å². The molecule has 0 bridgehead atoms. The van der Waals surface area contributed by atoms with Gasteiger partial charge in [-0.15, -0.1) is 10.2 Å². The highest BCUT2D eigenvalue weighted by Gasteiger charge is 2.51. The number of benzene rings is 1. The van der Waals surface area contributed by atoms with E-state index in [1.165, 1.54) is 5.56 Å². The van der Waals surface area contributed by atoms with Crippen molar-refractivity contribution in [3.63, 3.8) is 0 Å². The van der Waals surface area contributed by atoms with Gasteiger partial charge in [0.05, 0.1) is 11.2 Å². The third-order valence-electron chi connectivity index (χ3n) is 5.30. The van der Waals surface area contributed by atoms with Crippen molar-refractivity contribution in [1.82, 2.24) is 14.8 Å². The van der Waals surface area contributed by atoms with Crippen molar-refractivity contribution in [3.05, 3.63) is 42.0 Å². The number of aromatic nitrogens is 3. The molecule has 128 valence electrons. The molecule has 0 amide bonds. The van der Waals surface area contributed by atoms with Gasteiger partial charge in [0.1, 0.15) is 12.2 Å². The van der Waals surface area contributed by atoms with E-state index in [9.17, 15) is 0 Å². The topological polar surface area (TPSA) is 49.2 Å². The molecule has 1 saturated heterocycles. The monoisotopic (exact) mass is 327 g/mol. The van der Waals surface area contributed by atoms with Gasteiger partial charge in [0, 0.05) is 13.0 Å². The van der Waals surface area contributed by atoms with E-state index < -0.39 is 0 Å². The maximum absolute atomic E-state index is 6.18. The van der Waals surface area contributed by atoms with Crippen LogP contribution in [0, 0.1) is 0 Å². The van der Waals surface area contributed by atoms with Gasteiger partial charge >= 0.3 is 7.12 Å². The summed E-state index contributed by atoms with van der Waals surface area (Å²) in [5.74, 6) is 1.18. The number of nitrogens with zero attached hydrogens (tertiary/aromatic N) is 3. The van der Waals surface area contributed by atoms with Crippen LogP contribution in [0.15, 0.2) is 30.6 Å². The Morgan fingerprint density at radius 1 is 1.17 bits per heavy atom. The van der Waals surface area contributed by atoms with Gasteiger partial charge in [-0.05, 0) is 45.1 Å². The van der Waals surface area contributed by atoms with Gasteiger partial charge in [0.2, 0.25) is 0 Å². The van der Waals surface area contributed by atoms with Crippen LogP contribution in [0.2, 0.25) is 0 Å². The van der Waals surface area contributed by atoms with Crippen LogP contribution in [0.3, 0.4) is 0 Å². The van der Waals surface area contributed by atoms with Crippen LogP contribution in [0.1, 0.15) is 58.3 Å². The normalized spacial score (nSPS) is 20.3. The third-order valence-corrected chi connectivity index (χ3v) is 5.30. The first-order valence-electron chi connectivity index (χ1n) is 8.54. The highest BCUT2D eigenvalue weighted by molar-refractivity contribution is 6.62. The molecule has 1 aromatic heterocycles. The van der Waals surface area contributed by atoms with Gasteiger partial charge in [-0.1, -0.05) is 31.2 Å². The lowest BCUT2D eigenvalue weighted by molar-refractivity contribution is 0.00578. The Bertz CT molecular complexity index is 711. The van der Waals surface area contributed by atoms with E-state index in [0.29, 0.717) is 0 Å². The smallest absolute Gasteiger partial charge is 0.399 e. The van der Waals surface area contributed by atoms with Crippen molar-refractivity contribution < 1.29 is 9.31 Å². The number of hydrogen-bond acceptors (Lipinski definition) is 4. The van der Waals surface area contributed by atoms with E-state index >= 15 is 0 Å². The SMILES string of the molecule is CCC(c1cccc(B2OC(C)(C)C(C)(C)O2)c1)c1nncn1C. The maximum atomic E-state index is 6.18. The second-order valence-electron chi connectivity index (χ2n) is 7.52. The van der Waals surface area contributed by atoms with Crippen LogP contribution in [-0.4, -0.2) is 33.1 Å². The first-order valence-corrected chi connectivity index (χ1v) is 8.54. The Morgan fingerprint density at radius 3 is 2.38 bits per heavy atom. The average molecular weight is 327 g/mol. The van der Waals surface area contributed by atoms with Gasteiger partial charge in [-0.3, -0.25) is 0 Å². The molecule has 0 radical (unpaired) electrons. The van der Waals surface area contributed by atoms with Gasteiger partial charge in [-0.2, -0.15) is 0 Å². The largest absolute Gasteiger partial charge is 0.494 e. The summed E-state index contributed by atoms with van der Waals surface area (Å²) >= 11 is 0. The molecule has 0 aliphatic carbocycles. The first kappa shape index (κ1) is 17.2. The third kappa shape index (κ3) is 2.89. The lowest BCUT2D eigenvalue weighted by atomic mass is 9.77. The summed E-state index contributed by atoms with van der Waals surface area (Å²) < 4.78 is 14.3. The standard InChI is InChI=1S/C18H26BN3O2/c1-7-15(16-21-20-12-22(16)6)13-9-8-10-14(11-13)19-23-17(2,3)18(4,5)24-19/h8-12,15H,7H2,1-6H3. The van der Waals surface area contributed by atoms with Crippen molar-refractivity contribution in [1.29, 1.82) is 0 Å². The molecule has 5 nitrogen and oxygen atoms in total. The van der Waals surface area contributed by atoms with E-state index in [0.717, 1.165) is 17.7 Å². The summed E-state index contributed by atoms with van der Waals surface area (Å²) in [6.07, 6.45) is 2.70. The molecule has 1 aliphatic rings. The van der Waals surface area contributed by atoms with Crippen molar-refractivity contribution in [2.45, 2.75) is 58.2 Å². The molecule has 2 heterocycles. The molecule has 0 spiro atoms. The molecular weight excluding hydrogens is 301 g/mol. The fourth-order valence-electron chi connectivity index (χ4n) is 3.08. The predicted octanol–water partition coefficient (Wildman–Crippen LogP) is 2.66. The highest BCUT2D eigenvalue weighted by Crippen LogP contribution is 2.36. The highest BCUT2D eigenvalue weighted by atomic mass is 16.7. The van der Waals surface area contributed by atoms with Gasteiger partial charge in [0.25, 0.3) is 0 Å². The second-order valence-corrected chi connectivity index (χ2v) is 7.52. The van der Waals surface area contributed by atoms with Crippen molar-refractivity contribution in [3.8, 4) is 0 Å². The molecule has 2 aromatic rings. The second kappa shape index (κ2) is 6.01. The van der Waals surface area contributed by atoms with Crippen LogP contribution >= 0.6 is 0 Å². The van der Waals surface area contributed by atoms with E-state index in [1.54, 1.807) is 6.33 Å². The summed E-state index contributed by atoms with van der Waals surface area (Å²) in [4.78, 5) is 0. The summed E-state index contributed by atoms with van der Waals surface area (Å²) in [7, 11) is 1.64. The molecule has 6 heteroatoms. The molecule has 24 heavy (non-hydrogen) atoms. The molecule has 1 aliphatic heterocycles. The molecule has 1 atom stereocenters. The molecular formula is C18H26BN3O2. The van der Waals surface area contributed by atoms with Crippen LogP contribution in [-0.2, 0) is 16.4 Å². The summed E-state index contributed by atoms with van der Waals surface area (Å²) in [6, 6.07) is 8.44. The fraction of sp³-hybridized carbons (Fsp3) is 0.556. The van der Waals surface area contributed by atoms with Gasteiger partial charge in [0.15, 0.2) is 0 Å². The molecule has 1 aromatic carbocycles. The van der Waals surface area contributed by atoms with E-state index in [2.05, 4.69) is 69.1 Å². The minimum Gasteiger partial charge on any atom is -0.399 e. The Morgan fingerprint density at radius 2 is 1.83 bits per heavy atom. The number of hydrogen-bond donors (Lipinski definition) is 0. The zero-order valence-corrected chi connectivity index (χ0v) is 15.4. The van der Waals surface area contributed by atoms with Gasteiger partial charge in [-0.25, -0.2) is 0 Å². The van der Waals surface area contributed by atoms with E-state index in [1.807, 2.05) is 11.6 Å². The van der Waals surface area contributed by atoms with Crippen LogP contribution in [0.4, 0.5) is 0 Å². The van der Waals surface area contributed by atoms with E-state index in [4.69, 9.17) is 9.31 Å². The summed E-state index contributed by atoms with van der Waals surface area (Å²) in [6.45, 7) is 10.5. The minimum atomic E-state index is -0.341. The molecule has 1 fully saturated rings. The maximum Gasteiger partial charge on any atom is 0.494 e. The Balaban J connectivity index is 1.91. The Hall–Kier alpha value is -1.66. The lowest BCUT2D eigenvalue weighted by Gasteiger charge is -2.32. The zero-order chi connectivity index (χ0) is 17.5. The average Bonchev–Trinajstić information content (AvgIpc) is 3.02. The van der Waals surface area contributed by atoms with Gasteiger partial charge < -0.3 is 13.9 Å². The lowest BCUT2D eigenvalue weighted by Crippen LogP contribution is -2.41. The predicted molar refractivity (Wildman–Crippen MR) is 95.3 cm³/mol. The number of aryl methyl sites for hydroxylation is 1. The zero-order valence-electron chi connectivity index (χ0n) is 15.4.